The maximum atomic E-state index is 11.5. The molecule has 2 radical (unpaired) electrons. The van der Waals surface area contributed by atoms with Crippen LogP contribution in [0.15, 0.2) is 60.9 Å². The third-order valence-corrected chi connectivity index (χ3v) is 2.70. The average Bonchev–Trinajstić information content (AvgIpc) is 2.38. The molecule has 0 spiro atoms. The molecular weight excluding hydrogens is 244 g/mol. The van der Waals surface area contributed by atoms with Gasteiger partial charge in [0.2, 0.25) is 6.04 Å². The molecule has 0 bridgehead atoms. The molecular formula is C14H13BClNO. The van der Waals surface area contributed by atoms with Gasteiger partial charge < -0.3 is 17.2 Å². The van der Waals surface area contributed by atoms with Crippen molar-refractivity contribution in [3.63, 3.8) is 0 Å². The molecule has 0 aliphatic rings. The summed E-state index contributed by atoms with van der Waals surface area (Å²) < 4.78 is 1.84. The summed E-state index contributed by atoms with van der Waals surface area (Å²) in [7, 11) is 5.46. The normalized spacial score (nSPS) is 11.3. The Morgan fingerprint density at radius 1 is 1.06 bits per heavy atom. The predicted molar refractivity (Wildman–Crippen MR) is 66.6 cm³/mol. The molecule has 1 aromatic heterocycles. The fourth-order valence-electron chi connectivity index (χ4n) is 1.81. The largest absolute Gasteiger partial charge is 1.00 e. The van der Waals surface area contributed by atoms with Gasteiger partial charge in [-0.3, -0.25) is 0 Å². The molecule has 0 saturated carbocycles. The van der Waals surface area contributed by atoms with E-state index in [1.54, 1.807) is 0 Å². The zero-order valence-electron chi connectivity index (χ0n) is 9.87. The molecule has 2 rings (SSSR count). The molecule has 2 aromatic rings. The highest BCUT2D eigenvalue weighted by Crippen LogP contribution is 2.08. The van der Waals surface area contributed by atoms with Crippen molar-refractivity contribution in [3.8, 4) is 0 Å². The smallest absolute Gasteiger partial charge is 0.209 e. The minimum atomic E-state index is -0.335. The van der Waals surface area contributed by atoms with Crippen molar-refractivity contribution in [1.29, 1.82) is 0 Å². The van der Waals surface area contributed by atoms with E-state index in [-0.39, 0.29) is 24.1 Å². The maximum absolute atomic E-state index is 11.5. The predicted octanol–water partition coefficient (Wildman–Crippen LogP) is -1.54. The van der Waals surface area contributed by atoms with E-state index in [0.29, 0.717) is 6.42 Å². The molecule has 0 aliphatic carbocycles. The van der Waals surface area contributed by atoms with Crippen molar-refractivity contribution in [2.45, 2.75) is 12.5 Å². The van der Waals surface area contributed by atoms with E-state index >= 15 is 0 Å². The quantitative estimate of drug-likeness (QED) is 0.480. The number of pyridine rings is 1. The van der Waals surface area contributed by atoms with Gasteiger partial charge in [0.05, 0.1) is 0 Å². The lowest BCUT2D eigenvalue weighted by molar-refractivity contribution is -0.708. The lowest BCUT2D eigenvalue weighted by atomic mass is 9.90. The Labute approximate surface area is 114 Å². The number of nitrogens with zero attached hydrogens (tertiary/aromatic N) is 1. The van der Waals surface area contributed by atoms with E-state index in [2.05, 4.69) is 0 Å². The van der Waals surface area contributed by atoms with Gasteiger partial charge >= 0.3 is 0 Å². The number of carbonyl (C=O) groups is 1. The maximum Gasteiger partial charge on any atom is 0.209 e. The van der Waals surface area contributed by atoms with Crippen molar-refractivity contribution in [2.75, 3.05) is 0 Å². The van der Waals surface area contributed by atoms with E-state index in [4.69, 9.17) is 7.85 Å². The van der Waals surface area contributed by atoms with Crippen LogP contribution in [-0.4, -0.2) is 13.5 Å². The number of hydrogen-bond acceptors (Lipinski definition) is 1. The molecule has 0 fully saturated rings. The molecule has 0 amide bonds. The first-order valence-corrected chi connectivity index (χ1v) is 5.56. The van der Waals surface area contributed by atoms with Gasteiger partial charge in [-0.1, -0.05) is 36.4 Å². The van der Waals surface area contributed by atoms with Gasteiger partial charge in [0.1, 0.15) is 5.68 Å². The second-order valence-electron chi connectivity index (χ2n) is 3.93. The molecule has 1 unspecified atom stereocenters. The Morgan fingerprint density at radius 3 is 2.17 bits per heavy atom. The van der Waals surface area contributed by atoms with Crippen LogP contribution in [0, 0.1) is 0 Å². The van der Waals surface area contributed by atoms with Gasteiger partial charge in [-0.25, -0.2) is 0 Å². The number of carbonyl (C=O) groups excluding carboxylic acids is 1. The van der Waals surface area contributed by atoms with Gasteiger partial charge in [-0.2, -0.15) is 4.57 Å². The van der Waals surface area contributed by atoms with Crippen LogP contribution in [0.5, 0.6) is 0 Å². The summed E-state index contributed by atoms with van der Waals surface area (Å²) >= 11 is 0. The van der Waals surface area contributed by atoms with E-state index < -0.39 is 0 Å². The molecule has 1 aromatic carbocycles. The van der Waals surface area contributed by atoms with Crippen molar-refractivity contribution in [2.24, 2.45) is 0 Å². The van der Waals surface area contributed by atoms with Crippen LogP contribution in [0.25, 0.3) is 0 Å². The number of aromatic nitrogens is 1. The molecule has 1 heterocycles. The second-order valence-corrected chi connectivity index (χ2v) is 3.93. The average molecular weight is 258 g/mol. The summed E-state index contributed by atoms with van der Waals surface area (Å²) in [5.74, 6) is 0. The zero-order valence-corrected chi connectivity index (χ0v) is 10.6. The van der Waals surface area contributed by atoms with Gasteiger partial charge in [-0.05, 0) is 5.56 Å². The summed E-state index contributed by atoms with van der Waals surface area (Å²) in [6, 6.07) is 15.2. The highest BCUT2D eigenvalue weighted by atomic mass is 35.5. The fraction of sp³-hybridized carbons (Fsp3) is 0.143. The SMILES string of the molecule is [B]C(=O)C(Cc1ccccc1)[n+]1ccccc1.[Cl-]. The molecule has 4 heteroatoms. The van der Waals surface area contributed by atoms with Gasteiger partial charge in [0, 0.05) is 18.6 Å². The third kappa shape index (κ3) is 3.71. The standard InChI is InChI=1S/C14H13BNO.ClH/c15-14(17)13(16-9-5-2-6-10-16)11-12-7-3-1-4-8-12;/h1-10,13H,11H2;1H/q+1;/p-1. The molecule has 0 N–H and O–H groups in total. The Bertz CT molecular complexity index is 490. The summed E-state index contributed by atoms with van der Waals surface area (Å²) in [5.41, 5.74) is 0.790. The summed E-state index contributed by atoms with van der Waals surface area (Å²) in [5, 5.41) is 0. The first kappa shape index (κ1) is 14.5. The van der Waals surface area contributed by atoms with Crippen molar-refractivity contribution in [3.05, 3.63) is 66.5 Å². The molecule has 0 saturated heterocycles. The van der Waals surface area contributed by atoms with Crippen molar-refractivity contribution in [1.82, 2.24) is 0 Å². The van der Waals surface area contributed by atoms with Gasteiger partial charge in [0.15, 0.2) is 20.2 Å². The molecule has 18 heavy (non-hydrogen) atoms. The topological polar surface area (TPSA) is 20.9 Å². The second kappa shape index (κ2) is 6.97. The summed E-state index contributed by atoms with van der Waals surface area (Å²) in [6.45, 7) is 0. The van der Waals surface area contributed by atoms with E-state index in [1.165, 1.54) is 0 Å². The van der Waals surface area contributed by atoms with Crippen molar-refractivity contribution >= 4 is 13.5 Å². The van der Waals surface area contributed by atoms with Crippen LogP contribution in [0.4, 0.5) is 0 Å². The molecule has 2 nitrogen and oxygen atoms in total. The molecule has 0 aliphatic heterocycles. The Hall–Kier alpha value is -1.61. The highest BCUT2D eigenvalue weighted by Gasteiger charge is 2.22. The van der Waals surface area contributed by atoms with E-state index in [0.717, 1.165) is 5.56 Å². The fourth-order valence-corrected chi connectivity index (χ4v) is 1.81. The minimum absolute atomic E-state index is 0. The van der Waals surface area contributed by atoms with Gasteiger partial charge in [0.25, 0.3) is 0 Å². The van der Waals surface area contributed by atoms with Crippen LogP contribution in [0.2, 0.25) is 0 Å². The van der Waals surface area contributed by atoms with E-state index in [9.17, 15) is 4.79 Å². The van der Waals surface area contributed by atoms with Crippen molar-refractivity contribution < 1.29 is 21.8 Å². The minimum Gasteiger partial charge on any atom is -1.00 e. The first-order chi connectivity index (χ1) is 8.27. The number of hydrogen-bond donors (Lipinski definition) is 0. The number of halogens is 1. The zero-order chi connectivity index (χ0) is 12.1. The van der Waals surface area contributed by atoms with Crippen LogP contribution in [0.3, 0.4) is 0 Å². The van der Waals surface area contributed by atoms with Crippen LogP contribution >= 0.6 is 0 Å². The van der Waals surface area contributed by atoms with E-state index in [1.807, 2.05) is 65.5 Å². The third-order valence-electron chi connectivity index (χ3n) is 2.70. The number of rotatable bonds is 4. The first-order valence-electron chi connectivity index (χ1n) is 5.56. The number of benzene rings is 1. The Kier molecular flexibility index (Phi) is 5.60. The Balaban J connectivity index is 0.00000162. The lowest BCUT2D eigenvalue weighted by Crippen LogP contribution is -3.00. The van der Waals surface area contributed by atoms with Crippen LogP contribution < -0.4 is 17.0 Å². The Morgan fingerprint density at radius 2 is 1.61 bits per heavy atom. The molecule has 1 atom stereocenters. The molecule has 90 valence electrons. The summed E-state index contributed by atoms with van der Waals surface area (Å²) in [6.07, 6.45) is 4.33. The van der Waals surface area contributed by atoms with Gasteiger partial charge in [-0.15, -0.1) is 0 Å². The monoisotopic (exact) mass is 257 g/mol. The van der Waals surface area contributed by atoms with Crippen LogP contribution in [-0.2, 0) is 11.2 Å². The lowest BCUT2D eigenvalue weighted by Gasteiger charge is -2.09. The van der Waals surface area contributed by atoms with Crippen LogP contribution in [0.1, 0.15) is 11.6 Å². The highest BCUT2D eigenvalue weighted by molar-refractivity contribution is 6.58. The summed E-state index contributed by atoms with van der Waals surface area (Å²) in [4.78, 5) is 11.5.